The monoisotopic (exact) mass is 702 g/mol. The third kappa shape index (κ3) is 11.4. The average molecular weight is 703 g/mol. The average Bonchev–Trinajstić information content (AvgIpc) is 3.57. The number of halogens is 1. The highest BCUT2D eigenvalue weighted by molar-refractivity contribution is 7.09. The van der Waals surface area contributed by atoms with E-state index in [4.69, 9.17) is 0 Å². The first kappa shape index (κ1) is 40.2. The van der Waals surface area contributed by atoms with Gasteiger partial charge in [-0.2, -0.15) is 0 Å². The molecular formula is C37H55FN4O6S. The molecule has 1 aliphatic rings. The molecule has 3 N–H and O–H groups in total. The Labute approximate surface area is 294 Å². The van der Waals surface area contributed by atoms with Crippen LogP contribution in [-0.4, -0.2) is 87.3 Å². The molecule has 2 amide bonds. The molecule has 3 rings (SSSR count). The van der Waals surface area contributed by atoms with Crippen LogP contribution in [0.5, 0.6) is 0 Å². The minimum absolute atomic E-state index is 0.00691. The fourth-order valence-electron chi connectivity index (χ4n) is 6.71. The zero-order valence-electron chi connectivity index (χ0n) is 30.0. The third-order valence-electron chi connectivity index (χ3n) is 10.1. The van der Waals surface area contributed by atoms with Crippen molar-refractivity contribution in [1.82, 2.24) is 20.1 Å². The SMILES string of the molecule is CCC(C)[C@H](CC(=O)C1CCCCN1C)C(=O)N(C)C(C[C@@H](O)c1nc(C(=O)N[C@@H](Cc2ccc(F)cc2)C[C@H](C)C(=O)O)cs1)C(C)C. The number of benzene rings is 1. The Morgan fingerprint density at radius 3 is 2.37 bits per heavy atom. The van der Waals surface area contributed by atoms with Crippen LogP contribution in [0.1, 0.15) is 107 Å². The van der Waals surface area contributed by atoms with E-state index < -0.39 is 35.9 Å². The van der Waals surface area contributed by atoms with E-state index in [1.807, 2.05) is 34.7 Å². The van der Waals surface area contributed by atoms with Gasteiger partial charge in [-0.1, -0.05) is 59.6 Å². The second kappa shape index (κ2) is 18.7. The van der Waals surface area contributed by atoms with Crippen LogP contribution in [0.3, 0.4) is 0 Å². The molecule has 2 aromatic rings. The lowest BCUT2D eigenvalue weighted by molar-refractivity contribution is -0.143. The van der Waals surface area contributed by atoms with E-state index in [9.17, 15) is 33.8 Å². The number of nitrogens with zero attached hydrogens (tertiary/aromatic N) is 3. The molecular weight excluding hydrogens is 647 g/mol. The third-order valence-corrected chi connectivity index (χ3v) is 11.1. The number of carboxylic acids is 1. The second-order valence-corrected chi connectivity index (χ2v) is 15.1. The van der Waals surface area contributed by atoms with E-state index >= 15 is 0 Å². The number of thiazole rings is 1. The topological polar surface area (TPSA) is 140 Å². The molecule has 3 unspecified atom stereocenters. The van der Waals surface area contributed by atoms with Crippen LogP contribution >= 0.6 is 11.3 Å². The number of rotatable bonds is 18. The number of aromatic nitrogens is 1. The van der Waals surface area contributed by atoms with Gasteiger partial charge in [0.25, 0.3) is 5.91 Å². The van der Waals surface area contributed by atoms with Crippen molar-refractivity contribution < 1.29 is 33.8 Å². The molecule has 10 nitrogen and oxygen atoms in total. The van der Waals surface area contributed by atoms with Gasteiger partial charge in [0.05, 0.1) is 12.0 Å². The van der Waals surface area contributed by atoms with Crippen LogP contribution in [0, 0.1) is 29.5 Å². The molecule has 12 heteroatoms. The van der Waals surface area contributed by atoms with E-state index in [0.29, 0.717) is 11.4 Å². The standard InChI is InChI=1S/C37H55FN4O6S/c1-8-23(4)28(19-32(43)30-11-9-10-16-41(30)6)36(46)42(7)31(22(2)3)20-33(44)35-40-29(21-49-35)34(45)39-27(17-24(5)37(47)48)18-25-12-14-26(38)15-13-25/h12-15,21-24,27-28,30-31,33,44H,8-11,16-20H2,1-7H3,(H,39,45)(H,47,48)/t23?,24-,27+,28-,30?,31?,33+/m0/s1. The number of carboxylic acid groups (broad SMARTS) is 1. The Morgan fingerprint density at radius 2 is 1.78 bits per heavy atom. The van der Waals surface area contributed by atoms with Crippen molar-refractivity contribution in [3.63, 3.8) is 0 Å². The van der Waals surface area contributed by atoms with Crippen molar-refractivity contribution in [1.29, 1.82) is 0 Å². The molecule has 7 atom stereocenters. The van der Waals surface area contributed by atoms with E-state index in [0.717, 1.165) is 49.1 Å². The van der Waals surface area contributed by atoms with Gasteiger partial charge < -0.3 is 20.4 Å². The lowest BCUT2D eigenvalue weighted by Gasteiger charge is -2.37. The number of aliphatic carboxylic acids is 1. The summed E-state index contributed by atoms with van der Waals surface area (Å²) in [4.78, 5) is 60.5. The van der Waals surface area contributed by atoms with Gasteiger partial charge in [0, 0.05) is 43.3 Å². The van der Waals surface area contributed by atoms with E-state index in [-0.39, 0.29) is 66.4 Å². The summed E-state index contributed by atoms with van der Waals surface area (Å²) >= 11 is 1.14. The van der Waals surface area contributed by atoms with Crippen LogP contribution in [0.15, 0.2) is 29.6 Å². The first-order valence-electron chi connectivity index (χ1n) is 17.5. The van der Waals surface area contributed by atoms with Gasteiger partial charge in [-0.25, -0.2) is 9.37 Å². The van der Waals surface area contributed by atoms with Crippen LogP contribution in [0.25, 0.3) is 0 Å². The van der Waals surface area contributed by atoms with Crippen LogP contribution in [0.2, 0.25) is 0 Å². The molecule has 0 bridgehead atoms. The quantitative estimate of drug-likeness (QED) is 0.179. The largest absolute Gasteiger partial charge is 0.481 e. The number of carbonyl (C=O) groups excluding carboxylic acids is 3. The molecule has 2 heterocycles. The number of hydrogen-bond donors (Lipinski definition) is 3. The first-order valence-corrected chi connectivity index (χ1v) is 18.4. The van der Waals surface area contributed by atoms with Crippen LogP contribution in [0.4, 0.5) is 4.39 Å². The van der Waals surface area contributed by atoms with Crippen molar-refractivity contribution in [3.05, 3.63) is 51.7 Å². The Bertz CT molecular complexity index is 1400. The summed E-state index contributed by atoms with van der Waals surface area (Å²) < 4.78 is 13.4. The number of carbonyl (C=O) groups is 4. The summed E-state index contributed by atoms with van der Waals surface area (Å²) in [5, 5.41) is 25.5. The number of aliphatic hydroxyl groups is 1. The highest BCUT2D eigenvalue weighted by atomic mass is 32.1. The number of likely N-dealkylation sites (N-methyl/N-ethyl adjacent to an activating group) is 1. The summed E-state index contributed by atoms with van der Waals surface area (Å²) in [6.45, 7) is 10.5. The Kier molecular flexibility index (Phi) is 15.3. The van der Waals surface area contributed by atoms with Crippen molar-refractivity contribution in [2.24, 2.45) is 23.7 Å². The number of likely N-dealkylation sites (tertiary alicyclic amines) is 1. The molecule has 0 aliphatic carbocycles. The van der Waals surface area contributed by atoms with E-state index in [1.54, 1.807) is 36.4 Å². The predicted octanol–water partition coefficient (Wildman–Crippen LogP) is 5.75. The number of nitrogens with one attached hydrogen (secondary N) is 1. The minimum atomic E-state index is -1.05. The fraction of sp³-hybridized carbons (Fsp3) is 0.649. The van der Waals surface area contributed by atoms with Gasteiger partial charge in [0.2, 0.25) is 5.91 Å². The number of hydrogen-bond acceptors (Lipinski definition) is 8. The number of amides is 2. The summed E-state index contributed by atoms with van der Waals surface area (Å²) in [7, 11) is 3.72. The Hall–Kier alpha value is -3.22. The maximum Gasteiger partial charge on any atom is 0.306 e. The smallest absolute Gasteiger partial charge is 0.306 e. The van der Waals surface area contributed by atoms with Crippen molar-refractivity contribution in [2.45, 2.75) is 110 Å². The molecule has 0 spiro atoms. The van der Waals surface area contributed by atoms with Gasteiger partial charge in [0.15, 0.2) is 5.78 Å². The minimum Gasteiger partial charge on any atom is -0.481 e. The maximum absolute atomic E-state index is 14.0. The molecule has 272 valence electrons. The Morgan fingerprint density at radius 1 is 1.10 bits per heavy atom. The zero-order valence-corrected chi connectivity index (χ0v) is 30.8. The fourth-order valence-corrected chi connectivity index (χ4v) is 7.51. The summed E-state index contributed by atoms with van der Waals surface area (Å²) in [6.07, 6.45) is 3.48. The number of ketones is 1. The molecule has 1 saturated heterocycles. The lowest BCUT2D eigenvalue weighted by atomic mass is 9.83. The second-order valence-electron chi connectivity index (χ2n) is 14.2. The highest BCUT2D eigenvalue weighted by Gasteiger charge is 2.37. The number of aliphatic hydroxyl groups excluding tert-OH is 1. The van der Waals surface area contributed by atoms with Crippen LogP contribution in [-0.2, 0) is 20.8 Å². The van der Waals surface area contributed by atoms with Crippen molar-refractivity contribution in [3.8, 4) is 0 Å². The molecule has 1 aromatic carbocycles. The first-order chi connectivity index (χ1) is 23.1. The van der Waals surface area contributed by atoms with Gasteiger partial charge in [-0.15, -0.1) is 11.3 Å². The van der Waals surface area contributed by atoms with Gasteiger partial charge in [-0.05, 0) is 68.8 Å². The summed E-state index contributed by atoms with van der Waals surface area (Å²) in [5.74, 6) is -3.05. The van der Waals surface area contributed by atoms with Gasteiger partial charge in [-0.3, -0.25) is 24.1 Å². The zero-order chi connectivity index (χ0) is 36.4. The molecule has 1 fully saturated rings. The highest BCUT2D eigenvalue weighted by Crippen LogP contribution is 2.31. The molecule has 1 aliphatic heterocycles. The number of piperidine rings is 1. The van der Waals surface area contributed by atoms with E-state index in [2.05, 4.69) is 15.2 Å². The summed E-state index contributed by atoms with van der Waals surface area (Å²) in [6, 6.07) is 4.78. The predicted molar refractivity (Wildman–Crippen MR) is 189 cm³/mol. The molecule has 49 heavy (non-hydrogen) atoms. The van der Waals surface area contributed by atoms with Crippen LogP contribution < -0.4 is 5.32 Å². The normalized spacial score (nSPS) is 19.0. The maximum atomic E-state index is 14.0. The summed E-state index contributed by atoms with van der Waals surface area (Å²) in [5.41, 5.74) is 0.845. The molecule has 0 saturated carbocycles. The van der Waals surface area contributed by atoms with Gasteiger partial charge in [0.1, 0.15) is 22.6 Å². The van der Waals surface area contributed by atoms with Crippen molar-refractivity contribution in [2.75, 3.05) is 20.6 Å². The van der Waals surface area contributed by atoms with E-state index in [1.165, 1.54) is 12.1 Å². The van der Waals surface area contributed by atoms with Crippen molar-refractivity contribution >= 4 is 34.9 Å². The van der Waals surface area contributed by atoms with Gasteiger partial charge >= 0.3 is 5.97 Å². The number of Topliss-reactive ketones (excluding diaryl/α,β-unsaturated/α-hetero) is 1. The molecule has 1 aromatic heterocycles. The Balaban J connectivity index is 1.71. The molecule has 0 radical (unpaired) electrons. The lowest BCUT2D eigenvalue weighted by Crippen LogP contribution is -2.48.